The molecule has 1 aromatic carbocycles. The zero-order valence-electron chi connectivity index (χ0n) is 16.6. The van der Waals surface area contributed by atoms with Crippen molar-refractivity contribution in [2.45, 2.75) is 31.6 Å². The third kappa shape index (κ3) is 3.36. The zero-order chi connectivity index (χ0) is 19.8. The molecule has 1 N–H and O–H groups in total. The molecule has 29 heavy (non-hydrogen) atoms. The van der Waals surface area contributed by atoms with Gasteiger partial charge in [-0.3, -0.25) is 4.98 Å². The van der Waals surface area contributed by atoms with Crippen LogP contribution in [0.4, 0.5) is 0 Å². The van der Waals surface area contributed by atoms with Gasteiger partial charge in [0.25, 0.3) is 0 Å². The maximum Gasteiger partial charge on any atom is 0.142 e. The molecular weight excluding hydrogens is 362 g/mol. The number of hydrogen-bond donors (Lipinski definition) is 1. The van der Waals surface area contributed by atoms with E-state index < -0.39 is 0 Å². The highest BCUT2D eigenvalue weighted by Crippen LogP contribution is 2.40. The number of pyridine rings is 1. The Labute approximate surface area is 170 Å². The van der Waals surface area contributed by atoms with Crippen molar-refractivity contribution in [3.8, 4) is 22.5 Å². The number of aryl methyl sites for hydroxylation is 1. The maximum atomic E-state index is 9.22. The first-order valence-corrected chi connectivity index (χ1v) is 10.3. The van der Waals surface area contributed by atoms with Gasteiger partial charge in [-0.15, -0.1) is 0 Å². The van der Waals surface area contributed by atoms with Crippen molar-refractivity contribution in [3.63, 3.8) is 0 Å². The Morgan fingerprint density at radius 2 is 1.93 bits per heavy atom. The van der Waals surface area contributed by atoms with Crippen LogP contribution in [0, 0.1) is 0 Å². The van der Waals surface area contributed by atoms with Crippen LogP contribution >= 0.6 is 0 Å². The smallest absolute Gasteiger partial charge is 0.142 e. The molecule has 0 saturated carbocycles. The summed E-state index contributed by atoms with van der Waals surface area (Å²) in [5.74, 6) is 2.40. The van der Waals surface area contributed by atoms with Crippen molar-refractivity contribution in [1.29, 1.82) is 0 Å². The first-order valence-electron chi connectivity index (χ1n) is 10.3. The molecule has 5 rings (SSSR count). The van der Waals surface area contributed by atoms with E-state index in [1.54, 1.807) is 0 Å². The van der Waals surface area contributed by atoms with E-state index in [0.717, 1.165) is 71.8 Å². The number of oxime groups is 1. The minimum absolute atomic E-state index is 0.422. The van der Waals surface area contributed by atoms with Gasteiger partial charge in [0.1, 0.15) is 11.5 Å². The van der Waals surface area contributed by atoms with Gasteiger partial charge in [-0.25, -0.2) is 0 Å². The third-order valence-electron chi connectivity index (χ3n) is 6.20. The number of likely N-dealkylation sites (tertiary alicyclic amines) is 1. The molecule has 1 saturated heterocycles. The first-order chi connectivity index (χ1) is 14.2. The van der Waals surface area contributed by atoms with Crippen molar-refractivity contribution >= 4 is 5.71 Å². The van der Waals surface area contributed by atoms with Crippen LogP contribution in [0.1, 0.15) is 42.1 Å². The number of fused-ring (bicyclic) bond motifs is 1. The molecule has 1 unspecified atom stereocenters. The van der Waals surface area contributed by atoms with Crippen LogP contribution in [0.2, 0.25) is 0 Å². The number of benzene rings is 1. The van der Waals surface area contributed by atoms with E-state index in [0.29, 0.717) is 5.92 Å². The van der Waals surface area contributed by atoms with E-state index in [9.17, 15) is 5.21 Å². The van der Waals surface area contributed by atoms with Crippen LogP contribution in [-0.4, -0.2) is 40.9 Å². The second kappa shape index (κ2) is 7.48. The van der Waals surface area contributed by atoms with Crippen LogP contribution in [0.15, 0.2) is 58.4 Å². The minimum Gasteiger partial charge on any atom is -0.460 e. The molecule has 0 amide bonds. The maximum absolute atomic E-state index is 9.22. The molecule has 0 spiro atoms. The predicted molar refractivity (Wildman–Crippen MR) is 113 cm³/mol. The molecule has 2 aromatic heterocycles. The molecule has 3 heterocycles. The Bertz CT molecular complexity index is 1060. The van der Waals surface area contributed by atoms with Crippen LogP contribution in [0.5, 0.6) is 0 Å². The van der Waals surface area contributed by atoms with E-state index in [2.05, 4.69) is 46.4 Å². The molecule has 1 fully saturated rings. The SMILES string of the molecule is CN1CCCC(c2cc(-c3ccc4c(c3)CC/C4=N\O)c(-c3ccncc3)o2)C1. The average molecular weight is 387 g/mol. The largest absolute Gasteiger partial charge is 0.460 e. The molecule has 0 radical (unpaired) electrons. The van der Waals surface area contributed by atoms with Gasteiger partial charge in [-0.2, -0.15) is 0 Å². The lowest BCUT2D eigenvalue weighted by Crippen LogP contribution is -2.30. The summed E-state index contributed by atoms with van der Waals surface area (Å²) in [4.78, 5) is 6.54. The van der Waals surface area contributed by atoms with Crippen molar-refractivity contribution < 1.29 is 9.62 Å². The summed E-state index contributed by atoms with van der Waals surface area (Å²) < 4.78 is 6.49. The molecule has 1 aliphatic heterocycles. The van der Waals surface area contributed by atoms with Gasteiger partial charge in [0.05, 0.1) is 5.71 Å². The highest BCUT2D eigenvalue weighted by molar-refractivity contribution is 6.04. The molecule has 0 bridgehead atoms. The second-order valence-electron chi connectivity index (χ2n) is 8.15. The molecule has 2 aliphatic rings. The van der Waals surface area contributed by atoms with Gasteiger partial charge in [-0.05, 0) is 68.6 Å². The number of piperidine rings is 1. The van der Waals surface area contributed by atoms with Crippen LogP contribution < -0.4 is 0 Å². The van der Waals surface area contributed by atoms with Crippen molar-refractivity contribution in [2.75, 3.05) is 20.1 Å². The summed E-state index contributed by atoms with van der Waals surface area (Å²) in [5.41, 5.74) is 6.38. The zero-order valence-corrected chi connectivity index (χ0v) is 16.6. The van der Waals surface area contributed by atoms with Crippen molar-refractivity contribution in [1.82, 2.24) is 9.88 Å². The van der Waals surface area contributed by atoms with E-state index in [4.69, 9.17) is 4.42 Å². The number of hydrogen-bond acceptors (Lipinski definition) is 5. The average Bonchev–Trinajstić information content (AvgIpc) is 3.38. The third-order valence-corrected chi connectivity index (χ3v) is 6.20. The normalized spacial score (nSPS) is 20.9. The summed E-state index contributed by atoms with van der Waals surface area (Å²) in [6.07, 6.45) is 7.67. The van der Waals surface area contributed by atoms with Crippen LogP contribution in [0.25, 0.3) is 22.5 Å². The lowest BCUT2D eigenvalue weighted by atomic mass is 9.94. The number of nitrogens with zero attached hydrogens (tertiary/aromatic N) is 3. The molecule has 5 heteroatoms. The molecule has 1 atom stereocenters. The Hall–Kier alpha value is -2.92. The Morgan fingerprint density at radius 1 is 1.07 bits per heavy atom. The van der Waals surface area contributed by atoms with E-state index in [1.807, 2.05) is 24.5 Å². The fourth-order valence-electron chi connectivity index (χ4n) is 4.68. The lowest BCUT2D eigenvalue weighted by Gasteiger charge is -2.28. The van der Waals surface area contributed by atoms with E-state index >= 15 is 0 Å². The van der Waals surface area contributed by atoms with Gasteiger partial charge in [0, 0.05) is 41.5 Å². The number of furan rings is 1. The summed E-state index contributed by atoms with van der Waals surface area (Å²) in [5, 5.41) is 12.7. The van der Waals surface area contributed by atoms with Gasteiger partial charge >= 0.3 is 0 Å². The number of rotatable bonds is 3. The van der Waals surface area contributed by atoms with Crippen molar-refractivity contribution in [3.05, 3.63) is 65.7 Å². The number of aromatic nitrogens is 1. The van der Waals surface area contributed by atoms with Gasteiger partial charge < -0.3 is 14.5 Å². The topological polar surface area (TPSA) is 61.9 Å². The van der Waals surface area contributed by atoms with E-state index in [1.165, 1.54) is 12.0 Å². The van der Waals surface area contributed by atoms with Gasteiger partial charge in [0.15, 0.2) is 0 Å². The molecule has 148 valence electrons. The summed E-state index contributed by atoms with van der Waals surface area (Å²) in [6.45, 7) is 2.18. The van der Waals surface area contributed by atoms with Gasteiger partial charge in [-0.1, -0.05) is 23.4 Å². The minimum atomic E-state index is 0.422. The fraction of sp³-hybridized carbons (Fsp3) is 0.333. The standard InChI is InChI=1S/C24H25N3O2/c1-27-12-2-3-19(15-27)23-14-21(24(29-23)16-8-10-25-11-9-16)18-4-6-20-17(13-18)5-7-22(20)26-28/h4,6,8-11,13-14,19,28H,2-3,5,7,12,15H2,1H3/b26-22+. The van der Waals surface area contributed by atoms with Crippen LogP contribution in [-0.2, 0) is 6.42 Å². The number of likely N-dealkylation sites (N-methyl/N-ethyl adjacent to an activating group) is 1. The second-order valence-corrected chi connectivity index (χ2v) is 8.15. The summed E-state index contributed by atoms with van der Waals surface area (Å²) in [7, 11) is 2.18. The lowest BCUT2D eigenvalue weighted by molar-refractivity contribution is 0.235. The Kier molecular flexibility index (Phi) is 4.68. The molecule has 5 nitrogen and oxygen atoms in total. The highest BCUT2D eigenvalue weighted by atomic mass is 16.4. The Morgan fingerprint density at radius 3 is 2.72 bits per heavy atom. The molecule has 1 aliphatic carbocycles. The Balaban J connectivity index is 1.60. The molecular formula is C24H25N3O2. The van der Waals surface area contributed by atoms with Crippen LogP contribution in [0.3, 0.4) is 0 Å². The quantitative estimate of drug-likeness (QED) is 0.511. The highest BCUT2D eigenvalue weighted by Gasteiger charge is 2.26. The monoisotopic (exact) mass is 387 g/mol. The fourth-order valence-corrected chi connectivity index (χ4v) is 4.68. The summed E-state index contributed by atoms with van der Waals surface area (Å²) in [6, 6.07) is 12.6. The molecule has 3 aromatic rings. The predicted octanol–water partition coefficient (Wildman–Crippen LogP) is 4.94. The van der Waals surface area contributed by atoms with Gasteiger partial charge in [0.2, 0.25) is 0 Å². The van der Waals surface area contributed by atoms with E-state index in [-0.39, 0.29) is 0 Å². The van der Waals surface area contributed by atoms with Crippen molar-refractivity contribution in [2.24, 2.45) is 5.16 Å². The first kappa shape index (κ1) is 18.1. The summed E-state index contributed by atoms with van der Waals surface area (Å²) >= 11 is 0.